The Balaban J connectivity index is 1.77. The van der Waals surface area contributed by atoms with Crippen LogP contribution in [0.15, 0.2) is 122 Å². The van der Waals surface area contributed by atoms with Gasteiger partial charge in [0, 0.05) is 12.4 Å². The summed E-state index contributed by atoms with van der Waals surface area (Å²) in [7, 11) is 0. The SMILES string of the molecule is Cc1cccc2c1-c1ccc(-c3ccncc3)cc1C2(c1ccccc1)c1ccccc1. The van der Waals surface area contributed by atoms with Gasteiger partial charge in [0.2, 0.25) is 0 Å². The molecule has 0 atom stereocenters. The van der Waals surface area contributed by atoms with E-state index in [4.69, 9.17) is 0 Å². The summed E-state index contributed by atoms with van der Waals surface area (Å²) in [5.74, 6) is 0. The van der Waals surface area contributed by atoms with Crippen LogP contribution in [0.2, 0.25) is 0 Å². The predicted molar refractivity (Wildman–Crippen MR) is 132 cm³/mol. The van der Waals surface area contributed by atoms with E-state index in [1.807, 2.05) is 12.4 Å². The molecule has 0 aliphatic heterocycles. The third-order valence-corrected chi connectivity index (χ3v) is 6.80. The lowest BCUT2D eigenvalue weighted by Gasteiger charge is -2.34. The molecule has 0 unspecified atom stereocenters. The maximum absolute atomic E-state index is 4.21. The first-order chi connectivity index (χ1) is 15.8. The standard InChI is InChI=1S/C31H23N/c1-22-9-8-14-28-30(22)27-16-15-24(23-17-19-32-20-18-23)21-29(27)31(28,25-10-4-2-5-11-25)26-12-6-3-7-13-26/h2-21H,1H3. The fourth-order valence-electron chi connectivity index (χ4n) is 5.44. The lowest BCUT2D eigenvalue weighted by atomic mass is 9.67. The van der Waals surface area contributed by atoms with Crippen molar-refractivity contribution in [1.29, 1.82) is 0 Å². The zero-order valence-electron chi connectivity index (χ0n) is 18.0. The van der Waals surface area contributed by atoms with E-state index in [1.165, 1.54) is 50.1 Å². The summed E-state index contributed by atoms with van der Waals surface area (Å²) in [6.07, 6.45) is 3.73. The molecule has 0 saturated carbocycles. The quantitative estimate of drug-likeness (QED) is 0.296. The molecule has 1 heterocycles. The Bertz CT molecular complexity index is 1360. The summed E-state index contributed by atoms with van der Waals surface area (Å²) in [5, 5.41) is 0. The molecule has 0 bridgehead atoms. The average molecular weight is 410 g/mol. The molecule has 0 spiro atoms. The normalized spacial score (nSPS) is 13.4. The minimum Gasteiger partial charge on any atom is -0.265 e. The molecule has 1 aromatic heterocycles. The number of hydrogen-bond acceptors (Lipinski definition) is 1. The number of pyridine rings is 1. The lowest BCUT2D eigenvalue weighted by molar-refractivity contribution is 0.768. The van der Waals surface area contributed by atoms with Crippen molar-refractivity contribution in [2.75, 3.05) is 0 Å². The molecule has 0 amide bonds. The van der Waals surface area contributed by atoms with Crippen LogP contribution >= 0.6 is 0 Å². The third-order valence-electron chi connectivity index (χ3n) is 6.80. The van der Waals surface area contributed by atoms with E-state index < -0.39 is 0 Å². The Morgan fingerprint density at radius 3 is 1.88 bits per heavy atom. The Morgan fingerprint density at radius 2 is 1.22 bits per heavy atom. The molecule has 1 aliphatic rings. The van der Waals surface area contributed by atoms with Gasteiger partial charge in [-0.3, -0.25) is 4.98 Å². The molecule has 0 N–H and O–H groups in total. The Labute approximate surface area is 189 Å². The van der Waals surface area contributed by atoms with Crippen LogP contribution in [-0.4, -0.2) is 4.98 Å². The Morgan fingerprint density at radius 1 is 0.562 bits per heavy atom. The Hall–Kier alpha value is -3.97. The van der Waals surface area contributed by atoms with Crippen molar-refractivity contribution >= 4 is 0 Å². The van der Waals surface area contributed by atoms with Gasteiger partial charge >= 0.3 is 0 Å². The minimum absolute atomic E-state index is 0.359. The van der Waals surface area contributed by atoms with Crippen LogP contribution in [0, 0.1) is 6.92 Å². The second kappa shape index (κ2) is 7.32. The average Bonchev–Trinajstić information content (AvgIpc) is 3.17. The van der Waals surface area contributed by atoms with E-state index in [0.29, 0.717) is 0 Å². The summed E-state index contributed by atoms with van der Waals surface area (Å²) in [6.45, 7) is 2.23. The van der Waals surface area contributed by atoms with Gasteiger partial charge in [-0.1, -0.05) is 91.0 Å². The van der Waals surface area contributed by atoms with E-state index in [1.54, 1.807) is 0 Å². The first kappa shape index (κ1) is 18.8. The number of rotatable bonds is 3. The summed E-state index contributed by atoms with van der Waals surface area (Å²) in [4.78, 5) is 4.21. The zero-order valence-corrected chi connectivity index (χ0v) is 18.0. The molecule has 32 heavy (non-hydrogen) atoms. The van der Waals surface area contributed by atoms with Crippen LogP contribution in [-0.2, 0) is 5.41 Å². The summed E-state index contributed by atoms with van der Waals surface area (Å²) < 4.78 is 0. The van der Waals surface area contributed by atoms with E-state index in [9.17, 15) is 0 Å². The second-order valence-corrected chi connectivity index (χ2v) is 8.48. The van der Waals surface area contributed by atoms with Gasteiger partial charge in [0.15, 0.2) is 0 Å². The molecule has 0 saturated heterocycles. The van der Waals surface area contributed by atoms with Crippen LogP contribution in [0.3, 0.4) is 0 Å². The van der Waals surface area contributed by atoms with Crippen molar-refractivity contribution < 1.29 is 0 Å². The Kier molecular flexibility index (Phi) is 4.29. The number of nitrogens with zero attached hydrogens (tertiary/aromatic N) is 1. The number of aromatic nitrogens is 1. The highest BCUT2D eigenvalue weighted by Crippen LogP contribution is 2.57. The van der Waals surface area contributed by atoms with Gasteiger partial charge in [-0.15, -0.1) is 0 Å². The highest BCUT2D eigenvalue weighted by Gasteiger charge is 2.46. The molecule has 0 fully saturated rings. The molecular formula is C31H23N. The maximum atomic E-state index is 4.21. The van der Waals surface area contributed by atoms with Crippen LogP contribution in [0.1, 0.15) is 27.8 Å². The van der Waals surface area contributed by atoms with Crippen LogP contribution in [0.25, 0.3) is 22.3 Å². The van der Waals surface area contributed by atoms with Crippen molar-refractivity contribution in [3.05, 3.63) is 149 Å². The molecule has 1 heteroatoms. The van der Waals surface area contributed by atoms with Gasteiger partial charge in [-0.05, 0) is 75.2 Å². The largest absolute Gasteiger partial charge is 0.265 e. The first-order valence-electron chi connectivity index (χ1n) is 11.1. The number of aryl methyl sites for hydroxylation is 1. The van der Waals surface area contributed by atoms with E-state index in [2.05, 4.69) is 121 Å². The molecule has 152 valence electrons. The van der Waals surface area contributed by atoms with Crippen LogP contribution in [0.4, 0.5) is 0 Å². The van der Waals surface area contributed by atoms with Crippen LogP contribution in [0.5, 0.6) is 0 Å². The molecule has 1 nitrogen and oxygen atoms in total. The first-order valence-corrected chi connectivity index (χ1v) is 11.1. The topological polar surface area (TPSA) is 12.9 Å². The third kappa shape index (κ3) is 2.61. The molecule has 4 aromatic carbocycles. The van der Waals surface area contributed by atoms with E-state index in [0.717, 1.165) is 0 Å². The number of hydrogen-bond donors (Lipinski definition) is 0. The van der Waals surface area contributed by atoms with Crippen molar-refractivity contribution in [2.24, 2.45) is 0 Å². The van der Waals surface area contributed by atoms with Crippen LogP contribution < -0.4 is 0 Å². The fraction of sp³-hybridized carbons (Fsp3) is 0.0645. The number of fused-ring (bicyclic) bond motifs is 3. The number of benzene rings is 4. The van der Waals surface area contributed by atoms with Crippen molar-refractivity contribution in [3.63, 3.8) is 0 Å². The highest BCUT2D eigenvalue weighted by atomic mass is 14.6. The highest BCUT2D eigenvalue weighted by molar-refractivity contribution is 5.89. The summed E-state index contributed by atoms with van der Waals surface area (Å²) in [6, 6.07) is 39.8. The monoisotopic (exact) mass is 409 g/mol. The fourth-order valence-corrected chi connectivity index (χ4v) is 5.44. The molecular weight excluding hydrogens is 386 g/mol. The van der Waals surface area contributed by atoms with Crippen molar-refractivity contribution in [2.45, 2.75) is 12.3 Å². The van der Waals surface area contributed by atoms with Gasteiger partial charge in [-0.2, -0.15) is 0 Å². The van der Waals surface area contributed by atoms with Gasteiger partial charge in [0.1, 0.15) is 0 Å². The molecule has 6 rings (SSSR count). The smallest absolute Gasteiger partial charge is 0.0713 e. The predicted octanol–water partition coefficient (Wildman–Crippen LogP) is 7.42. The molecule has 0 radical (unpaired) electrons. The van der Waals surface area contributed by atoms with Gasteiger partial charge in [0.25, 0.3) is 0 Å². The second-order valence-electron chi connectivity index (χ2n) is 8.48. The van der Waals surface area contributed by atoms with E-state index >= 15 is 0 Å². The molecule has 1 aliphatic carbocycles. The lowest BCUT2D eigenvalue weighted by Crippen LogP contribution is -2.28. The molecule has 5 aromatic rings. The maximum Gasteiger partial charge on any atom is 0.0713 e. The van der Waals surface area contributed by atoms with Gasteiger partial charge < -0.3 is 0 Å². The van der Waals surface area contributed by atoms with Crippen molar-refractivity contribution in [3.8, 4) is 22.3 Å². The van der Waals surface area contributed by atoms with Gasteiger partial charge in [-0.25, -0.2) is 0 Å². The van der Waals surface area contributed by atoms with Gasteiger partial charge in [0.05, 0.1) is 5.41 Å². The summed E-state index contributed by atoms with van der Waals surface area (Å²) >= 11 is 0. The minimum atomic E-state index is -0.359. The van der Waals surface area contributed by atoms with E-state index in [-0.39, 0.29) is 5.41 Å². The van der Waals surface area contributed by atoms with Crippen molar-refractivity contribution in [1.82, 2.24) is 4.98 Å². The zero-order chi connectivity index (χ0) is 21.5. The summed E-state index contributed by atoms with van der Waals surface area (Å²) in [5.41, 5.74) is 11.3.